The summed E-state index contributed by atoms with van der Waals surface area (Å²) >= 11 is 1.76. The average molecular weight is 436 g/mol. The van der Waals surface area contributed by atoms with E-state index in [1.807, 2.05) is 24.4 Å². The number of carbonyl (C=O) groups excluding carboxylic acids is 1. The van der Waals surface area contributed by atoms with Crippen LogP contribution in [0.2, 0.25) is 0 Å². The molecular formula is C24H29N5OS. The zero-order valence-electron chi connectivity index (χ0n) is 18.3. The first-order valence-electron chi connectivity index (χ1n) is 11.2. The van der Waals surface area contributed by atoms with Crippen LogP contribution in [0.15, 0.2) is 36.5 Å². The Balaban J connectivity index is 1.24. The van der Waals surface area contributed by atoms with Gasteiger partial charge in [-0.2, -0.15) is 0 Å². The van der Waals surface area contributed by atoms with Crippen molar-refractivity contribution in [2.45, 2.75) is 26.7 Å². The number of anilines is 2. The van der Waals surface area contributed by atoms with Crippen molar-refractivity contribution < 1.29 is 4.79 Å². The van der Waals surface area contributed by atoms with Crippen LogP contribution in [0.3, 0.4) is 0 Å². The predicted molar refractivity (Wildman–Crippen MR) is 127 cm³/mol. The van der Waals surface area contributed by atoms with Crippen LogP contribution in [0.25, 0.3) is 10.2 Å². The van der Waals surface area contributed by atoms with Crippen LogP contribution in [-0.4, -0.2) is 60.0 Å². The van der Waals surface area contributed by atoms with Crippen LogP contribution in [0.5, 0.6) is 0 Å². The van der Waals surface area contributed by atoms with Crippen LogP contribution in [-0.2, 0) is 4.79 Å². The SMILES string of the molecule is Cc1cc(C)c2nc(N3CCCC(C(=O)N4CCN(c5ccccn5)CC4)C3)sc2c1. The molecule has 3 aromatic rings. The molecule has 6 nitrogen and oxygen atoms in total. The normalized spacial score (nSPS) is 19.8. The van der Waals surface area contributed by atoms with Gasteiger partial charge >= 0.3 is 0 Å². The number of benzene rings is 1. The highest BCUT2D eigenvalue weighted by molar-refractivity contribution is 7.22. The van der Waals surface area contributed by atoms with Crippen LogP contribution in [0, 0.1) is 19.8 Å². The Morgan fingerprint density at radius 2 is 1.90 bits per heavy atom. The van der Waals surface area contributed by atoms with Crippen molar-refractivity contribution in [1.29, 1.82) is 0 Å². The van der Waals surface area contributed by atoms with Crippen molar-refractivity contribution in [2.75, 3.05) is 49.1 Å². The topological polar surface area (TPSA) is 52.6 Å². The number of carbonyl (C=O) groups is 1. The minimum Gasteiger partial charge on any atom is -0.353 e. The molecule has 162 valence electrons. The van der Waals surface area contributed by atoms with E-state index < -0.39 is 0 Å². The van der Waals surface area contributed by atoms with Gasteiger partial charge in [0.2, 0.25) is 5.91 Å². The standard InChI is InChI=1S/C24H29N5OS/c1-17-14-18(2)22-20(15-17)31-24(26-22)29-9-5-6-19(16-29)23(30)28-12-10-27(11-13-28)21-7-3-4-8-25-21/h3-4,7-8,14-15,19H,5-6,9-13,16H2,1-2H3. The molecular weight excluding hydrogens is 406 g/mol. The average Bonchev–Trinajstić information content (AvgIpc) is 3.24. The molecule has 2 saturated heterocycles. The molecule has 4 heterocycles. The van der Waals surface area contributed by atoms with Gasteiger partial charge in [-0.1, -0.05) is 23.5 Å². The van der Waals surface area contributed by atoms with Gasteiger partial charge < -0.3 is 14.7 Å². The van der Waals surface area contributed by atoms with Gasteiger partial charge in [0, 0.05) is 45.5 Å². The number of amides is 1. The van der Waals surface area contributed by atoms with E-state index >= 15 is 0 Å². The van der Waals surface area contributed by atoms with Gasteiger partial charge in [-0.05, 0) is 56.0 Å². The Kier molecular flexibility index (Phi) is 5.52. The number of rotatable bonds is 3. The zero-order chi connectivity index (χ0) is 21.4. The molecule has 1 amide bonds. The first-order valence-corrected chi connectivity index (χ1v) is 12.0. The molecule has 5 rings (SSSR count). The van der Waals surface area contributed by atoms with Crippen molar-refractivity contribution >= 4 is 38.4 Å². The maximum Gasteiger partial charge on any atom is 0.227 e. The lowest BCUT2D eigenvalue weighted by Crippen LogP contribution is -2.52. The van der Waals surface area contributed by atoms with Crippen LogP contribution >= 0.6 is 11.3 Å². The third kappa shape index (κ3) is 4.11. The van der Waals surface area contributed by atoms with Gasteiger partial charge in [-0.25, -0.2) is 9.97 Å². The molecule has 2 fully saturated rings. The van der Waals surface area contributed by atoms with E-state index in [0.29, 0.717) is 5.91 Å². The minimum atomic E-state index is 0.0602. The Morgan fingerprint density at radius 1 is 1.06 bits per heavy atom. The number of nitrogens with zero attached hydrogens (tertiary/aromatic N) is 5. The number of fused-ring (bicyclic) bond motifs is 1. The van der Waals surface area contributed by atoms with E-state index in [4.69, 9.17) is 4.98 Å². The lowest BCUT2D eigenvalue weighted by Gasteiger charge is -2.39. The first-order chi connectivity index (χ1) is 15.1. The van der Waals surface area contributed by atoms with Crippen LogP contribution in [0.1, 0.15) is 24.0 Å². The highest BCUT2D eigenvalue weighted by atomic mass is 32.1. The zero-order valence-corrected chi connectivity index (χ0v) is 19.1. The Bertz CT molecular complexity index is 1070. The maximum absolute atomic E-state index is 13.3. The van der Waals surface area contributed by atoms with E-state index in [2.05, 4.69) is 45.7 Å². The fourth-order valence-electron chi connectivity index (χ4n) is 4.80. The van der Waals surface area contributed by atoms with Gasteiger partial charge in [0.15, 0.2) is 5.13 Å². The quantitative estimate of drug-likeness (QED) is 0.625. The number of thiazole rings is 1. The van der Waals surface area contributed by atoms with Crippen molar-refractivity contribution in [2.24, 2.45) is 5.92 Å². The Labute approximate surface area is 187 Å². The molecule has 0 N–H and O–H groups in total. The molecule has 0 spiro atoms. The number of pyridine rings is 1. The second-order valence-electron chi connectivity index (χ2n) is 8.71. The van der Waals surface area contributed by atoms with Gasteiger partial charge in [-0.15, -0.1) is 0 Å². The molecule has 0 radical (unpaired) electrons. The first kappa shape index (κ1) is 20.2. The number of hydrogen-bond acceptors (Lipinski definition) is 6. The Morgan fingerprint density at radius 3 is 2.68 bits per heavy atom. The Hall–Kier alpha value is -2.67. The second kappa shape index (κ2) is 8.46. The largest absolute Gasteiger partial charge is 0.353 e. The molecule has 7 heteroatoms. The lowest BCUT2D eigenvalue weighted by atomic mass is 9.96. The summed E-state index contributed by atoms with van der Waals surface area (Å²) < 4.78 is 1.24. The highest BCUT2D eigenvalue weighted by Crippen LogP contribution is 2.34. The fraction of sp³-hybridized carbons (Fsp3) is 0.458. The maximum atomic E-state index is 13.3. The number of piperazine rings is 1. The third-order valence-electron chi connectivity index (χ3n) is 6.42. The number of piperidine rings is 1. The molecule has 2 aliphatic heterocycles. The van der Waals surface area contributed by atoms with Crippen molar-refractivity contribution in [3.63, 3.8) is 0 Å². The monoisotopic (exact) mass is 435 g/mol. The molecule has 2 aromatic heterocycles. The lowest BCUT2D eigenvalue weighted by molar-refractivity contribution is -0.136. The summed E-state index contributed by atoms with van der Waals surface area (Å²) in [6.45, 7) is 9.25. The third-order valence-corrected chi connectivity index (χ3v) is 7.49. The summed E-state index contributed by atoms with van der Waals surface area (Å²) in [4.78, 5) is 29.3. The molecule has 2 aliphatic rings. The van der Waals surface area contributed by atoms with Crippen molar-refractivity contribution in [1.82, 2.24) is 14.9 Å². The van der Waals surface area contributed by atoms with Crippen molar-refractivity contribution in [3.05, 3.63) is 47.7 Å². The van der Waals surface area contributed by atoms with Gasteiger partial charge in [0.25, 0.3) is 0 Å². The summed E-state index contributed by atoms with van der Waals surface area (Å²) in [6, 6.07) is 10.4. The van der Waals surface area contributed by atoms with E-state index in [1.165, 1.54) is 15.8 Å². The second-order valence-corrected chi connectivity index (χ2v) is 9.72. The van der Waals surface area contributed by atoms with Gasteiger partial charge in [-0.3, -0.25) is 4.79 Å². The smallest absolute Gasteiger partial charge is 0.227 e. The molecule has 1 atom stereocenters. The summed E-state index contributed by atoms with van der Waals surface area (Å²) in [5.74, 6) is 1.36. The molecule has 1 unspecified atom stereocenters. The summed E-state index contributed by atoms with van der Waals surface area (Å²) in [5.41, 5.74) is 3.61. The van der Waals surface area contributed by atoms with Gasteiger partial charge in [0.05, 0.1) is 16.1 Å². The number of aromatic nitrogens is 2. The molecule has 31 heavy (non-hydrogen) atoms. The van der Waals surface area contributed by atoms with Crippen molar-refractivity contribution in [3.8, 4) is 0 Å². The molecule has 0 aliphatic carbocycles. The molecule has 0 bridgehead atoms. The number of hydrogen-bond donors (Lipinski definition) is 0. The van der Waals surface area contributed by atoms with Crippen LogP contribution < -0.4 is 9.80 Å². The molecule has 0 saturated carbocycles. The van der Waals surface area contributed by atoms with Crippen LogP contribution in [0.4, 0.5) is 10.9 Å². The number of aryl methyl sites for hydroxylation is 2. The fourth-order valence-corrected chi connectivity index (χ4v) is 5.98. The van der Waals surface area contributed by atoms with E-state index in [1.54, 1.807) is 11.3 Å². The summed E-state index contributed by atoms with van der Waals surface area (Å²) in [7, 11) is 0. The minimum absolute atomic E-state index is 0.0602. The predicted octanol–water partition coefficient (Wildman–Crippen LogP) is 3.87. The molecule has 1 aromatic carbocycles. The van der Waals surface area contributed by atoms with Gasteiger partial charge in [0.1, 0.15) is 5.82 Å². The highest BCUT2D eigenvalue weighted by Gasteiger charge is 2.32. The summed E-state index contributed by atoms with van der Waals surface area (Å²) in [5, 5.41) is 1.06. The summed E-state index contributed by atoms with van der Waals surface area (Å²) in [6.07, 6.45) is 3.84. The van der Waals surface area contributed by atoms with E-state index in [0.717, 1.165) is 68.6 Å². The van der Waals surface area contributed by atoms with E-state index in [-0.39, 0.29) is 5.92 Å². The van der Waals surface area contributed by atoms with E-state index in [9.17, 15) is 4.79 Å².